The molecule has 188 valence electrons. The van der Waals surface area contributed by atoms with Gasteiger partial charge in [0.05, 0.1) is 23.9 Å². The van der Waals surface area contributed by atoms with Crippen molar-refractivity contribution in [1.82, 2.24) is 10.6 Å². The van der Waals surface area contributed by atoms with Crippen LogP contribution in [-0.4, -0.2) is 51.5 Å². The van der Waals surface area contributed by atoms with Crippen LogP contribution in [0.4, 0.5) is 5.69 Å². The lowest BCUT2D eigenvalue weighted by Gasteiger charge is -2.33. The van der Waals surface area contributed by atoms with E-state index in [0.29, 0.717) is 29.0 Å². The number of amides is 1. The van der Waals surface area contributed by atoms with E-state index in [4.69, 9.17) is 4.74 Å². The summed E-state index contributed by atoms with van der Waals surface area (Å²) in [5.74, 6) is 0.539. The van der Waals surface area contributed by atoms with Gasteiger partial charge in [-0.3, -0.25) is 9.59 Å². The highest BCUT2D eigenvalue weighted by molar-refractivity contribution is 6.28. The maximum Gasteiger partial charge on any atom is 0.253 e. The zero-order valence-electron chi connectivity index (χ0n) is 20.7. The Balaban J connectivity index is 0.00000304. The van der Waals surface area contributed by atoms with Gasteiger partial charge < -0.3 is 20.3 Å². The summed E-state index contributed by atoms with van der Waals surface area (Å²) in [5.41, 5.74) is 6.09. The van der Waals surface area contributed by atoms with E-state index in [9.17, 15) is 9.59 Å². The molecule has 7 heteroatoms. The monoisotopic (exact) mass is 505 g/mol. The van der Waals surface area contributed by atoms with Crippen molar-refractivity contribution in [2.24, 2.45) is 0 Å². The van der Waals surface area contributed by atoms with Gasteiger partial charge in [-0.25, -0.2) is 0 Å². The molecule has 1 amide bonds. The lowest BCUT2D eigenvalue weighted by atomic mass is 9.89. The number of para-hydroxylation sites is 1. The number of halogens is 1. The molecule has 36 heavy (non-hydrogen) atoms. The van der Waals surface area contributed by atoms with Crippen LogP contribution in [0.2, 0.25) is 0 Å². The Morgan fingerprint density at radius 1 is 0.972 bits per heavy atom. The minimum atomic E-state index is -0.144. The van der Waals surface area contributed by atoms with Crippen molar-refractivity contribution in [2.75, 3.05) is 44.7 Å². The van der Waals surface area contributed by atoms with E-state index >= 15 is 0 Å². The number of hydrogen-bond donors (Lipinski definition) is 2. The highest BCUT2D eigenvalue weighted by atomic mass is 35.5. The van der Waals surface area contributed by atoms with E-state index in [0.717, 1.165) is 67.0 Å². The summed E-state index contributed by atoms with van der Waals surface area (Å²) < 4.78 is 5.70. The Labute approximate surface area is 218 Å². The maximum atomic E-state index is 13.9. The first-order chi connectivity index (χ1) is 17.2. The van der Waals surface area contributed by atoms with Crippen LogP contribution in [-0.2, 0) is 0 Å². The number of hydrogen-bond acceptors (Lipinski definition) is 5. The van der Waals surface area contributed by atoms with Crippen molar-refractivity contribution in [3.05, 3.63) is 71.3 Å². The van der Waals surface area contributed by atoms with E-state index < -0.39 is 0 Å². The summed E-state index contributed by atoms with van der Waals surface area (Å²) in [6, 6.07) is 17.5. The van der Waals surface area contributed by atoms with E-state index in [1.165, 1.54) is 0 Å². The van der Waals surface area contributed by atoms with Gasteiger partial charge >= 0.3 is 0 Å². The van der Waals surface area contributed by atoms with Gasteiger partial charge in [0.15, 0.2) is 5.78 Å². The Hall–Kier alpha value is -3.35. The van der Waals surface area contributed by atoms with Crippen molar-refractivity contribution < 1.29 is 14.3 Å². The minimum Gasteiger partial charge on any atom is -0.496 e. The summed E-state index contributed by atoms with van der Waals surface area (Å²) in [6.45, 7) is 5.79. The number of rotatable bonds is 7. The van der Waals surface area contributed by atoms with Crippen LogP contribution in [0.15, 0.2) is 54.6 Å². The normalized spacial score (nSPS) is 14.1. The molecule has 1 aliphatic carbocycles. The molecule has 3 aromatic carbocycles. The van der Waals surface area contributed by atoms with Gasteiger partial charge in [-0.15, -0.1) is 12.4 Å². The number of methoxy groups -OCH3 is 1. The standard InChI is InChI=1S/C29H31N3O3.ClH/c1-3-4-13-31-29(34)23-18-22(19-9-7-8-12-24(19)35-2)25-20-10-5-6-11-21(20)28(33)26(25)27(23)32-16-14-30-15-17-32;/h5-12,18,30H,3-4,13-17H2,1-2H3,(H,31,34);1H. The molecule has 0 spiro atoms. The molecule has 6 nitrogen and oxygen atoms in total. The highest BCUT2D eigenvalue weighted by Gasteiger charge is 2.37. The third-order valence-electron chi connectivity index (χ3n) is 6.86. The first kappa shape index (κ1) is 25.7. The van der Waals surface area contributed by atoms with Crippen LogP contribution in [0.3, 0.4) is 0 Å². The van der Waals surface area contributed by atoms with Gasteiger partial charge in [0.25, 0.3) is 5.91 Å². The van der Waals surface area contributed by atoms with Crippen molar-refractivity contribution in [2.45, 2.75) is 19.8 Å². The zero-order valence-corrected chi connectivity index (χ0v) is 21.5. The first-order valence-corrected chi connectivity index (χ1v) is 12.4. The largest absolute Gasteiger partial charge is 0.496 e. The van der Waals surface area contributed by atoms with Gasteiger partial charge in [-0.1, -0.05) is 55.8 Å². The fourth-order valence-electron chi connectivity index (χ4n) is 5.15. The van der Waals surface area contributed by atoms with Crippen molar-refractivity contribution in [1.29, 1.82) is 0 Å². The molecule has 0 bridgehead atoms. The molecule has 0 atom stereocenters. The van der Waals surface area contributed by atoms with Gasteiger partial charge in [-0.05, 0) is 29.7 Å². The molecule has 5 rings (SSSR count). The average molecular weight is 506 g/mol. The SMILES string of the molecule is CCCCNC(=O)c1cc(-c2ccccc2OC)c2c(c1N1CCNCC1)C(=O)c1ccccc1-2.Cl. The third kappa shape index (κ3) is 4.47. The molecule has 1 saturated heterocycles. The molecular weight excluding hydrogens is 474 g/mol. The number of carbonyl (C=O) groups excluding carboxylic acids is 2. The van der Waals surface area contributed by atoms with E-state index in [1.54, 1.807) is 7.11 Å². The molecule has 1 aliphatic heterocycles. The van der Waals surface area contributed by atoms with Gasteiger partial charge in [0, 0.05) is 49.4 Å². The fraction of sp³-hybridized carbons (Fsp3) is 0.310. The quantitative estimate of drug-likeness (QED) is 0.348. The molecule has 1 heterocycles. The fourth-order valence-corrected chi connectivity index (χ4v) is 5.15. The summed E-state index contributed by atoms with van der Waals surface area (Å²) in [6.07, 6.45) is 1.90. The Kier molecular flexibility index (Phi) is 7.97. The van der Waals surface area contributed by atoms with Crippen LogP contribution < -0.4 is 20.3 Å². The lowest BCUT2D eigenvalue weighted by Crippen LogP contribution is -2.45. The summed E-state index contributed by atoms with van der Waals surface area (Å²) in [5, 5.41) is 6.47. The number of piperazine rings is 1. The number of ether oxygens (including phenoxy) is 1. The number of nitrogens with one attached hydrogen (secondary N) is 2. The smallest absolute Gasteiger partial charge is 0.253 e. The molecule has 0 unspecified atom stereocenters. The van der Waals surface area contributed by atoms with Crippen LogP contribution in [0.5, 0.6) is 5.75 Å². The predicted octanol–water partition coefficient (Wildman–Crippen LogP) is 4.93. The lowest BCUT2D eigenvalue weighted by molar-refractivity contribution is 0.0953. The Bertz CT molecular complexity index is 1280. The summed E-state index contributed by atoms with van der Waals surface area (Å²) >= 11 is 0. The first-order valence-electron chi connectivity index (χ1n) is 12.4. The van der Waals surface area contributed by atoms with E-state index in [1.807, 2.05) is 54.6 Å². The molecule has 2 N–H and O–H groups in total. The second kappa shape index (κ2) is 11.1. The molecule has 0 aromatic heterocycles. The molecule has 3 aromatic rings. The van der Waals surface area contributed by atoms with Crippen molar-refractivity contribution >= 4 is 29.8 Å². The zero-order chi connectivity index (χ0) is 24.4. The second-order valence-corrected chi connectivity index (χ2v) is 8.99. The van der Waals surface area contributed by atoms with E-state index in [-0.39, 0.29) is 24.1 Å². The number of ketones is 1. The minimum absolute atomic E-state index is 0. The molecule has 1 fully saturated rings. The van der Waals surface area contributed by atoms with Gasteiger partial charge in [0.1, 0.15) is 5.75 Å². The molecule has 0 radical (unpaired) electrons. The summed E-state index contributed by atoms with van der Waals surface area (Å²) in [4.78, 5) is 29.7. The number of carbonyl (C=O) groups is 2. The van der Waals surface area contributed by atoms with Crippen LogP contribution in [0.1, 0.15) is 46.0 Å². The van der Waals surface area contributed by atoms with Crippen LogP contribution >= 0.6 is 12.4 Å². The maximum absolute atomic E-state index is 13.9. The topological polar surface area (TPSA) is 70.7 Å². The molecule has 2 aliphatic rings. The summed E-state index contributed by atoms with van der Waals surface area (Å²) in [7, 11) is 1.64. The number of nitrogens with zero attached hydrogens (tertiary/aromatic N) is 1. The van der Waals surface area contributed by atoms with Crippen molar-refractivity contribution in [3.8, 4) is 28.0 Å². The van der Waals surface area contributed by atoms with Crippen molar-refractivity contribution in [3.63, 3.8) is 0 Å². The van der Waals surface area contributed by atoms with E-state index in [2.05, 4.69) is 22.5 Å². The Morgan fingerprint density at radius 2 is 1.64 bits per heavy atom. The average Bonchev–Trinajstić information content (AvgIpc) is 3.21. The molecular formula is C29H32ClN3O3. The van der Waals surface area contributed by atoms with Gasteiger partial charge in [0.2, 0.25) is 0 Å². The van der Waals surface area contributed by atoms with Gasteiger partial charge in [-0.2, -0.15) is 0 Å². The number of anilines is 1. The Morgan fingerprint density at radius 3 is 2.33 bits per heavy atom. The third-order valence-corrected chi connectivity index (χ3v) is 6.86. The number of benzene rings is 3. The molecule has 0 saturated carbocycles. The number of unbranched alkanes of at least 4 members (excludes halogenated alkanes) is 1. The predicted molar refractivity (Wildman–Crippen MR) is 147 cm³/mol. The number of fused-ring (bicyclic) bond motifs is 3. The van der Waals surface area contributed by atoms with Crippen LogP contribution in [0, 0.1) is 0 Å². The second-order valence-electron chi connectivity index (χ2n) is 8.99. The van der Waals surface area contributed by atoms with Crippen LogP contribution in [0.25, 0.3) is 22.3 Å². The highest BCUT2D eigenvalue weighted by Crippen LogP contribution is 2.50.